The van der Waals surface area contributed by atoms with Crippen molar-refractivity contribution in [2.24, 2.45) is 0 Å². The lowest BCUT2D eigenvalue weighted by Crippen LogP contribution is -2.16. The van der Waals surface area contributed by atoms with Crippen LogP contribution < -0.4 is 0 Å². The number of ether oxygens (including phenoxy) is 3. The molecule has 112 valence electrons. The van der Waals surface area contributed by atoms with Gasteiger partial charge in [-0.05, 0) is 0 Å². The van der Waals surface area contributed by atoms with Crippen LogP contribution in [0.15, 0.2) is 24.3 Å². The van der Waals surface area contributed by atoms with Gasteiger partial charge in [-0.3, -0.25) is 0 Å². The molecule has 0 saturated heterocycles. The minimum Gasteiger partial charge on any atom is -0.461 e. The van der Waals surface area contributed by atoms with Crippen LogP contribution in [-0.2, 0) is 23.8 Å². The number of nitriles is 1. The quantitative estimate of drug-likeness (QED) is 0.258. The number of carbonyl (C=O) groups is 2. The maximum atomic E-state index is 11.4. The zero-order chi connectivity index (χ0) is 16.1. The Morgan fingerprint density at radius 1 is 1.10 bits per heavy atom. The van der Waals surface area contributed by atoms with E-state index < -0.39 is 11.9 Å². The fraction of sp³-hybridized carbons (Fsp3) is 0.429. The van der Waals surface area contributed by atoms with Gasteiger partial charge >= 0.3 is 11.9 Å². The predicted molar refractivity (Wildman–Crippen MR) is 72.7 cm³/mol. The van der Waals surface area contributed by atoms with Crippen LogP contribution in [0.4, 0.5) is 0 Å². The zero-order valence-corrected chi connectivity index (χ0v) is 11.6. The highest BCUT2D eigenvalue weighted by Gasteiger charge is 2.12. The second-order valence-corrected chi connectivity index (χ2v) is 3.76. The number of esters is 2. The molecule has 0 aromatic rings. The SMILES string of the molecule is [C-]#[N+]CCOC(=O)C(=C)COCC(=C)C(=O)OCCC#N. The molecule has 7 heteroatoms. The maximum Gasteiger partial charge on any atom is 0.336 e. The molecule has 21 heavy (non-hydrogen) atoms. The molecule has 0 aliphatic carbocycles. The molecule has 0 bridgehead atoms. The van der Waals surface area contributed by atoms with Crippen molar-refractivity contribution in [1.29, 1.82) is 5.26 Å². The minimum atomic E-state index is -0.657. The molecule has 0 radical (unpaired) electrons. The van der Waals surface area contributed by atoms with Crippen molar-refractivity contribution in [3.8, 4) is 6.07 Å². The number of hydrogen-bond acceptors (Lipinski definition) is 6. The van der Waals surface area contributed by atoms with Gasteiger partial charge in [0.25, 0.3) is 0 Å². The van der Waals surface area contributed by atoms with E-state index in [4.69, 9.17) is 26.0 Å². The smallest absolute Gasteiger partial charge is 0.336 e. The predicted octanol–water partition coefficient (Wildman–Crippen LogP) is 1.03. The second kappa shape index (κ2) is 11.2. The average molecular weight is 292 g/mol. The molecule has 0 unspecified atom stereocenters. The van der Waals surface area contributed by atoms with Gasteiger partial charge in [0, 0.05) is 0 Å². The third kappa shape index (κ3) is 8.98. The summed E-state index contributed by atoms with van der Waals surface area (Å²) in [5, 5.41) is 8.29. The largest absolute Gasteiger partial charge is 0.461 e. The van der Waals surface area contributed by atoms with Crippen LogP contribution in [0, 0.1) is 17.9 Å². The normalized spacial score (nSPS) is 9.05. The summed E-state index contributed by atoms with van der Waals surface area (Å²) in [4.78, 5) is 25.7. The molecule has 0 aromatic heterocycles. The molecule has 0 rings (SSSR count). The van der Waals surface area contributed by atoms with Gasteiger partial charge in [-0.15, -0.1) is 0 Å². The molecule has 0 aromatic carbocycles. The Kier molecular flexibility index (Phi) is 9.80. The van der Waals surface area contributed by atoms with Gasteiger partial charge in [0.05, 0.1) is 36.9 Å². The molecule has 0 fully saturated rings. The van der Waals surface area contributed by atoms with Gasteiger partial charge in [0.2, 0.25) is 6.54 Å². The van der Waals surface area contributed by atoms with E-state index in [0.29, 0.717) is 0 Å². The van der Waals surface area contributed by atoms with Crippen molar-refractivity contribution >= 4 is 11.9 Å². The molecule has 7 nitrogen and oxygen atoms in total. The number of carbonyl (C=O) groups excluding carboxylic acids is 2. The standard InChI is InChI=1S/C14H16N2O5/c1-11(13(17)20-7-4-5-15)9-19-10-12(2)14(18)21-8-6-16-3/h1-2,4,6-10H2. The first kappa shape index (κ1) is 18.4. The Labute approximate surface area is 123 Å². The third-order valence-corrected chi connectivity index (χ3v) is 2.01. The van der Waals surface area contributed by atoms with Crippen molar-refractivity contribution in [3.63, 3.8) is 0 Å². The third-order valence-electron chi connectivity index (χ3n) is 2.01. The Bertz CT molecular complexity index is 441. The van der Waals surface area contributed by atoms with Crippen molar-refractivity contribution in [2.45, 2.75) is 6.42 Å². The summed E-state index contributed by atoms with van der Waals surface area (Å²) >= 11 is 0. The molecule has 0 saturated carbocycles. The van der Waals surface area contributed by atoms with Crippen molar-refractivity contribution in [1.82, 2.24) is 0 Å². The van der Waals surface area contributed by atoms with Crippen LogP contribution in [0.3, 0.4) is 0 Å². The summed E-state index contributed by atoms with van der Waals surface area (Å²) in [7, 11) is 0. The first-order valence-electron chi connectivity index (χ1n) is 6.00. The lowest BCUT2D eigenvalue weighted by Gasteiger charge is -2.08. The van der Waals surface area contributed by atoms with E-state index in [2.05, 4.69) is 18.0 Å². The monoisotopic (exact) mass is 292 g/mol. The molecule has 0 aliphatic rings. The fourth-order valence-corrected chi connectivity index (χ4v) is 0.993. The second-order valence-electron chi connectivity index (χ2n) is 3.76. The fourth-order valence-electron chi connectivity index (χ4n) is 0.993. The molecule has 0 amide bonds. The number of rotatable bonds is 10. The van der Waals surface area contributed by atoms with E-state index in [0.717, 1.165) is 0 Å². The molecule has 0 atom stereocenters. The molecule has 0 spiro atoms. The Morgan fingerprint density at radius 3 is 2.10 bits per heavy atom. The van der Waals surface area contributed by atoms with E-state index in [1.165, 1.54) is 0 Å². The van der Waals surface area contributed by atoms with E-state index >= 15 is 0 Å². The first-order chi connectivity index (χ1) is 10.0. The lowest BCUT2D eigenvalue weighted by atomic mass is 10.3. The minimum absolute atomic E-state index is 0.000714. The summed E-state index contributed by atoms with van der Waals surface area (Å²) in [6.45, 7) is 13.3. The van der Waals surface area contributed by atoms with Gasteiger partial charge in [-0.1, -0.05) is 13.2 Å². The highest BCUT2D eigenvalue weighted by atomic mass is 16.5. The lowest BCUT2D eigenvalue weighted by molar-refractivity contribution is -0.139. The highest BCUT2D eigenvalue weighted by Crippen LogP contribution is 2.01. The van der Waals surface area contributed by atoms with E-state index in [1.54, 1.807) is 0 Å². The average Bonchev–Trinajstić information content (AvgIpc) is 2.47. The number of hydrogen-bond donors (Lipinski definition) is 0. The first-order valence-corrected chi connectivity index (χ1v) is 6.00. The van der Waals surface area contributed by atoms with Crippen LogP contribution in [0.25, 0.3) is 4.85 Å². The van der Waals surface area contributed by atoms with Crippen LogP contribution >= 0.6 is 0 Å². The number of nitrogens with zero attached hydrogens (tertiary/aromatic N) is 2. The van der Waals surface area contributed by atoms with E-state index in [-0.39, 0.29) is 50.5 Å². The summed E-state index contributed by atoms with van der Waals surface area (Å²) in [5.74, 6) is -1.31. The molecular formula is C14H16N2O5. The van der Waals surface area contributed by atoms with Crippen LogP contribution in [0.1, 0.15) is 6.42 Å². The Balaban J connectivity index is 3.87. The van der Waals surface area contributed by atoms with Crippen LogP contribution in [-0.4, -0.2) is 44.9 Å². The summed E-state index contributed by atoms with van der Waals surface area (Å²) in [5.41, 5.74) is 0.146. The van der Waals surface area contributed by atoms with Crippen molar-refractivity contribution < 1.29 is 23.8 Å². The van der Waals surface area contributed by atoms with Crippen LogP contribution in [0.5, 0.6) is 0 Å². The van der Waals surface area contributed by atoms with Crippen molar-refractivity contribution in [3.05, 3.63) is 35.7 Å². The summed E-state index contributed by atoms with van der Waals surface area (Å²) < 4.78 is 14.6. The Hall–Kier alpha value is -2.64. The van der Waals surface area contributed by atoms with Crippen LogP contribution in [0.2, 0.25) is 0 Å². The van der Waals surface area contributed by atoms with E-state index in [9.17, 15) is 9.59 Å². The molecule has 0 N–H and O–H groups in total. The summed E-state index contributed by atoms with van der Waals surface area (Å²) in [6, 6.07) is 1.83. The summed E-state index contributed by atoms with van der Waals surface area (Å²) in [6.07, 6.45) is 0.104. The Morgan fingerprint density at radius 2 is 1.62 bits per heavy atom. The van der Waals surface area contributed by atoms with Gasteiger partial charge in [0.1, 0.15) is 6.61 Å². The molecular weight excluding hydrogens is 276 g/mol. The zero-order valence-electron chi connectivity index (χ0n) is 11.6. The van der Waals surface area contributed by atoms with E-state index in [1.807, 2.05) is 6.07 Å². The van der Waals surface area contributed by atoms with Crippen molar-refractivity contribution in [2.75, 3.05) is 33.0 Å². The van der Waals surface area contributed by atoms with Gasteiger partial charge < -0.3 is 19.1 Å². The molecule has 0 heterocycles. The van der Waals surface area contributed by atoms with Gasteiger partial charge in [0.15, 0.2) is 6.61 Å². The van der Waals surface area contributed by atoms with Gasteiger partial charge in [-0.25, -0.2) is 16.2 Å². The maximum absolute atomic E-state index is 11.4. The van der Waals surface area contributed by atoms with Gasteiger partial charge in [-0.2, -0.15) is 5.26 Å². The molecule has 0 aliphatic heterocycles. The topological polar surface area (TPSA) is 90.0 Å². The highest BCUT2D eigenvalue weighted by molar-refractivity contribution is 5.88.